The van der Waals surface area contributed by atoms with Gasteiger partial charge in [-0.15, -0.1) is 0 Å². The molecule has 1 atom stereocenters. The van der Waals surface area contributed by atoms with E-state index in [0.29, 0.717) is 57.2 Å². The van der Waals surface area contributed by atoms with Gasteiger partial charge in [-0.3, -0.25) is 4.79 Å². The summed E-state index contributed by atoms with van der Waals surface area (Å²) in [6.45, 7) is 6.43. The predicted octanol–water partition coefficient (Wildman–Crippen LogP) is 5.63. The molecular formula is C28H30ClF2N7O. The Balaban J connectivity index is 1.51. The summed E-state index contributed by atoms with van der Waals surface area (Å²) in [6.07, 6.45) is 3.78. The van der Waals surface area contributed by atoms with Gasteiger partial charge in [-0.1, -0.05) is 31.5 Å². The van der Waals surface area contributed by atoms with Crippen LogP contribution in [-0.4, -0.2) is 38.5 Å². The molecule has 1 aliphatic rings. The summed E-state index contributed by atoms with van der Waals surface area (Å²) < 4.78 is 29.0. The predicted molar refractivity (Wildman–Crippen MR) is 149 cm³/mol. The molecule has 1 aliphatic heterocycles. The van der Waals surface area contributed by atoms with Gasteiger partial charge in [0.15, 0.2) is 17.3 Å². The van der Waals surface area contributed by atoms with Crippen molar-refractivity contribution in [3.63, 3.8) is 0 Å². The second-order valence-corrected chi connectivity index (χ2v) is 10.5. The summed E-state index contributed by atoms with van der Waals surface area (Å²) in [5.74, 6) is -0.715. The average Bonchev–Trinajstić information content (AvgIpc) is 3.28. The van der Waals surface area contributed by atoms with Gasteiger partial charge in [0.25, 0.3) is 0 Å². The van der Waals surface area contributed by atoms with E-state index in [1.807, 2.05) is 24.5 Å². The number of benzene rings is 2. The Hall–Kier alpha value is -3.63. The maximum absolute atomic E-state index is 13.6. The molecule has 3 heterocycles. The molecule has 2 aromatic heterocycles. The van der Waals surface area contributed by atoms with Gasteiger partial charge in [0.2, 0.25) is 11.9 Å². The Morgan fingerprint density at radius 1 is 1.18 bits per heavy atom. The van der Waals surface area contributed by atoms with Crippen LogP contribution in [0, 0.1) is 23.5 Å². The molecule has 3 N–H and O–H groups in total. The number of carbonyl (C=O) groups excluding carboxylic acids is 1. The van der Waals surface area contributed by atoms with Crippen molar-refractivity contribution in [2.24, 2.45) is 11.8 Å². The number of imidazole rings is 1. The Labute approximate surface area is 230 Å². The molecule has 2 aromatic carbocycles. The van der Waals surface area contributed by atoms with Gasteiger partial charge in [-0.05, 0) is 67.7 Å². The Morgan fingerprint density at radius 2 is 2.03 bits per heavy atom. The molecule has 1 fully saturated rings. The molecule has 0 radical (unpaired) electrons. The summed E-state index contributed by atoms with van der Waals surface area (Å²) >= 11 is 6.66. The first-order chi connectivity index (χ1) is 18.8. The van der Waals surface area contributed by atoms with Gasteiger partial charge >= 0.3 is 0 Å². The Morgan fingerprint density at radius 3 is 2.77 bits per heavy atom. The van der Waals surface area contributed by atoms with Gasteiger partial charge in [-0.25, -0.2) is 18.7 Å². The van der Waals surface area contributed by atoms with Gasteiger partial charge in [-0.2, -0.15) is 4.98 Å². The molecule has 0 aliphatic carbocycles. The van der Waals surface area contributed by atoms with Crippen LogP contribution < -0.4 is 16.0 Å². The minimum absolute atomic E-state index is 0.0901. The molecule has 0 saturated carbocycles. The lowest BCUT2D eigenvalue weighted by Gasteiger charge is -2.24. The standard InChI is InChI=1S/C28H30ClF2N7O/c1-16(2)27(39)35-19-6-7-21(29)20(11-19)25-36-24-14-34-28(33-13-17-5-8-22(30)23(31)10-17)37-26(24)38(25)15-18-4-3-9-32-12-18/h5-8,10-11,14,16,18,32H,3-4,9,12-13,15H2,1-2H3,(H,35,39)(H,33,34,37)/t18-/m1/s1. The molecule has 204 valence electrons. The monoisotopic (exact) mass is 553 g/mol. The van der Waals surface area contributed by atoms with Gasteiger partial charge in [0.1, 0.15) is 11.3 Å². The van der Waals surface area contributed by atoms with Crippen molar-refractivity contribution in [3.05, 3.63) is 64.8 Å². The number of nitrogens with zero attached hydrogens (tertiary/aromatic N) is 4. The first kappa shape index (κ1) is 27.0. The zero-order valence-corrected chi connectivity index (χ0v) is 22.5. The maximum atomic E-state index is 13.6. The number of hydrogen-bond donors (Lipinski definition) is 3. The second kappa shape index (κ2) is 11.6. The van der Waals surface area contributed by atoms with Gasteiger partial charge < -0.3 is 20.5 Å². The van der Waals surface area contributed by atoms with Crippen molar-refractivity contribution >= 4 is 40.3 Å². The van der Waals surface area contributed by atoms with Gasteiger partial charge in [0.05, 0.1) is 11.2 Å². The third-order valence-corrected chi connectivity index (χ3v) is 7.09. The fraction of sp³-hybridized carbons (Fsp3) is 0.357. The highest BCUT2D eigenvalue weighted by Crippen LogP contribution is 2.33. The molecule has 5 rings (SSSR count). The number of aromatic nitrogens is 4. The van der Waals surface area contributed by atoms with Crippen molar-refractivity contribution in [1.82, 2.24) is 24.8 Å². The molecule has 39 heavy (non-hydrogen) atoms. The van der Waals surface area contributed by atoms with E-state index in [0.717, 1.165) is 38.1 Å². The van der Waals surface area contributed by atoms with E-state index in [-0.39, 0.29) is 18.4 Å². The van der Waals surface area contributed by atoms with Crippen molar-refractivity contribution < 1.29 is 13.6 Å². The zero-order chi connectivity index (χ0) is 27.5. The number of hydrogen-bond acceptors (Lipinski definition) is 6. The quantitative estimate of drug-likeness (QED) is 0.262. The third-order valence-electron chi connectivity index (χ3n) is 6.76. The lowest BCUT2D eigenvalue weighted by molar-refractivity contribution is -0.118. The highest BCUT2D eigenvalue weighted by atomic mass is 35.5. The minimum Gasteiger partial charge on any atom is -0.350 e. The lowest BCUT2D eigenvalue weighted by atomic mass is 9.99. The fourth-order valence-electron chi connectivity index (χ4n) is 4.61. The molecular weight excluding hydrogens is 524 g/mol. The number of halogens is 3. The highest BCUT2D eigenvalue weighted by molar-refractivity contribution is 6.33. The molecule has 1 amide bonds. The largest absolute Gasteiger partial charge is 0.350 e. The molecule has 4 aromatic rings. The van der Waals surface area contributed by atoms with Crippen LogP contribution in [0.4, 0.5) is 20.4 Å². The smallest absolute Gasteiger partial charge is 0.226 e. The van der Waals surface area contributed by atoms with Crippen LogP contribution in [-0.2, 0) is 17.9 Å². The van der Waals surface area contributed by atoms with Crippen molar-refractivity contribution in [3.8, 4) is 11.4 Å². The van der Waals surface area contributed by atoms with E-state index in [9.17, 15) is 13.6 Å². The summed E-state index contributed by atoms with van der Waals surface area (Å²) in [6, 6.07) is 9.09. The number of piperidine rings is 1. The zero-order valence-electron chi connectivity index (χ0n) is 21.8. The first-order valence-corrected chi connectivity index (χ1v) is 13.4. The number of rotatable bonds is 8. The van der Waals surface area contributed by atoms with Crippen LogP contribution in [0.5, 0.6) is 0 Å². The van der Waals surface area contributed by atoms with E-state index >= 15 is 0 Å². The second-order valence-electron chi connectivity index (χ2n) is 10.1. The van der Waals surface area contributed by atoms with Crippen molar-refractivity contribution in [2.75, 3.05) is 23.7 Å². The maximum Gasteiger partial charge on any atom is 0.226 e. The van der Waals surface area contributed by atoms with Crippen molar-refractivity contribution in [1.29, 1.82) is 0 Å². The lowest BCUT2D eigenvalue weighted by Crippen LogP contribution is -2.32. The molecule has 1 saturated heterocycles. The summed E-state index contributed by atoms with van der Waals surface area (Å²) in [4.78, 5) is 26.3. The number of nitrogens with one attached hydrogen (secondary N) is 3. The summed E-state index contributed by atoms with van der Waals surface area (Å²) in [5.41, 5.74) is 3.10. The van der Waals surface area contributed by atoms with Crippen molar-refractivity contribution in [2.45, 2.75) is 39.8 Å². The van der Waals surface area contributed by atoms with E-state index in [1.165, 1.54) is 6.07 Å². The average molecular weight is 554 g/mol. The summed E-state index contributed by atoms with van der Waals surface area (Å²) in [5, 5.41) is 9.98. The molecule has 0 unspecified atom stereocenters. The molecule has 0 spiro atoms. The Bertz CT molecular complexity index is 1500. The number of fused-ring (bicyclic) bond motifs is 1. The number of anilines is 2. The first-order valence-electron chi connectivity index (χ1n) is 13.0. The van der Waals surface area contributed by atoms with Crippen LogP contribution in [0.15, 0.2) is 42.6 Å². The van der Waals surface area contributed by atoms with E-state index in [1.54, 1.807) is 18.3 Å². The van der Waals surface area contributed by atoms with E-state index < -0.39 is 11.6 Å². The Kier molecular flexibility index (Phi) is 8.04. The van der Waals surface area contributed by atoms with Crippen LogP contribution in [0.1, 0.15) is 32.3 Å². The topological polar surface area (TPSA) is 96.8 Å². The van der Waals surface area contributed by atoms with Crippen LogP contribution in [0.25, 0.3) is 22.6 Å². The highest BCUT2D eigenvalue weighted by Gasteiger charge is 2.22. The molecule has 0 bridgehead atoms. The van der Waals surface area contributed by atoms with Crippen LogP contribution in [0.2, 0.25) is 5.02 Å². The summed E-state index contributed by atoms with van der Waals surface area (Å²) in [7, 11) is 0. The third kappa shape index (κ3) is 6.17. The molecule has 8 nitrogen and oxygen atoms in total. The van der Waals surface area contributed by atoms with Gasteiger partial charge in [0, 0.05) is 30.3 Å². The SMILES string of the molecule is CC(C)C(=O)Nc1ccc(Cl)c(-c2nc3cnc(NCc4ccc(F)c(F)c4)nc3n2C[C@@H]2CCCNC2)c1. The van der Waals surface area contributed by atoms with Crippen LogP contribution in [0.3, 0.4) is 0 Å². The molecule has 11 heteroatoms. The van der Waals surface area contributed by atoms with E-state index in [4.69, 9.17) is 21.6 Å². The minimum atomic E-state index is -0.904. The normalized spacial score (nSPS) is 15.6. The number of carbonyl (C=O) groups is 1. The number of amides is 1. The van der Waals surface area contributed by atoms with Crippen LogP contribution >= 0.6 is 11.6 Å². The fourth-order valence-corrected chi connectivity index (χ4v) is 4.81. The van der Waals surface area contributed by atoms with E-state index in [2.05, 4.69) is 20.9 Å².